The molecule has 0 bridgehead atoms. The molecule has 0 atom stereocenters. The summed E-state index contributed by atoms with van der Waals surface area (Å²) in [7, 11) is -3.42. The largest absolute Gasteiger partial charge is 0.354 e. The highest BCUT2D eigenvalue weighted by Crippen LogP contribution is 2.25. The van der Waals surface area contributed by atoms with Crippen LogP contribution in [0.1, 0.15) is 37.8 Å². The van der Waals surface area contributed by atoms with E-state index < -0.39 is 15.4 Å². The number of hydrogen-bond donors (Lipinski definition) is 2. The van der Waals surface area contributed by atoms with Gasteiger partial charge in [0.1, 0.15) is 0 Å². The minimum atomic E-state index is -3.42. The predicted octanol–water partition coefficient (Wildman–Crippen LogP) is 1.61. The topological polar surface area (TPSA) is 89.3 Å². The minimum Gasteiger partial charge on any atom is -0.354 e. The molecular formula is C16H25ClN2O3S. The molecule has 0 aliphatic heterocycles. The van der Waals surface area contributed by atoms with Gasteiger partial charge >= 0.3 is 0 Å². The van der Waals surface area contributed by atoms with Crippen LogP contribution in [0.4, 0.5) is 0 Å². The van der Waals surface area contributed by atoms with Crippen molar-refractivity contribution in [3.8, 4) is 0 Å². The lowest BCUT2D eigenvalue weighted by Crippen LogP contribution is -2.45. The number of nitrogens with one attached hydrogen (secondary N) is 1. The first kappa shape index (κ1) is 19.9. The van der Waals surface area contributed by atoms with E-state index in [4.69, 9.17) is 5.73 Å². The van der Waals surface area contributed by atoms with Crippen LogP contribution in [0.3, 0.4) is 0 Å². The highest BCUT2D eigenvalue weighted by atomic mass is 35.5. The summed E-state index contributed by atoms with van der Waals surface area (Å²) < 4.78 is 24.7. The summed E-state index contributed by atoms with van der Waals surface area (Å²) >= 11 is 0. The second-order valence-electron chi connectivity index (χ2n) is 6.62. The predicted molar refractivity (Wildman–Crippen MR) is 93.7 cm³/mol. The van der Waals surface area contributed by atoms with Gasteiger partial charge in [-0.15, -0.1) is 12.4 Å². The number of amides is 1. The fraction of sp³-hybridized carbons (Fsp3) is 0.562. The summed E-state index contributed by atoms with van der Waals surface area (Å²) in [4.78, 5) is 12.0. The van der Waals surface area contributed by atoms with Crippen LogP contribution in [0, 0.1) is 0 Å². The van der Waals surface area contributed by atoms with E-state index in [-0.39, 0.29) is 30.5 Å². The zero-order valence-corrected chi connectivity index (χ0v) is 15.2. The average Bonchev–Trinajstić information content (AvgIpc) is 2.89. The van der Waals surface area contributed by atoms with Gasteiger partial charge in [0.2, 0.25) is 5.91 Å². The molecule has 0 radical (unpaired) electrons. The van der Waals surface area contributed by atoms with Gasteiger partial charge in [0.25, 0.3) is 0 Å². The molecule has 1 amide bonds. The van der Waals surface area contributed by atoms with Gasteiger partial charge < -0.3 is 11.1 Å². The first-order valence-electron chi connectivity index (χ1n) is 7.57. The molecule has 130 valence electrons. The Morgan fingerprint density at radius 3 is 2.57 bits per heavy atom. The molecule has 3 N–H and O–H groups in total. The first-order valence-corrected chi connectivity index (χ1v) is 9.23. The maximum Gasteiger partial charge on any atom is 0.221 e. The van der Waals surface area contributed by atoms with Crippen molar-refractivity contribution in [1.29, 1.82) is 0 Å². The second kappa shape index (κ2) is 7.64. The molecule has 2 rings (SSSR count). The third kappa shape index (κ3) is 5.79. The van der Waals surface area contributed by atoms with Crippen LogP contribution >= 0.6 is 12.4 Å². The van der Waals surface area contributed by atoms with Crippen LogP contribution in [0.25, 0.3) is 0 Å². The van der Waals surface area contributed by atoms with Crippen LogP contribution in [0.15, 0.2) is 23.1 Å². The Balaban J connectivity index is 0.00000264. The molecule has 0 saturated carbocycles. The SMILES string of the molecule is CC(C)(N)CNC(=O)CCS(=O)(=O)c1ccc2c(c1)CCC2.Cl. The molecule has 0 fully saturated rings. The normalized spacial score (nSPS) is 14.0. The van der Waals surface area contributed by atoms with Gasteiger partial charge in [-0.1, -0.05) is 6.07 Å². The first-order chi connectivity index (χ1) is 10.2. The lowest BCUT2D eigenvalue weighted by Gasteiger charge is -2.18. The Morgan fingerprint density at radius 1 is 1.26 bits per heavy atom. The zero-order valence-electron chi connectivity index (χ0n) is 13.6. The number of benzene rings is 1. The third-order valence-corrected chi connectivity index (χ3v) is 5.48. The average molecular weight is 361 g/mol. The summed E-state index contributed by atoms with van der Waals surface area (Å²) in [5.74, 6) is -0.467. The van der Waals surface area contributed by atoms with Gasteiger partial charge in [0.05, 0.1) is 10.6 Å². The van der Waals surface area contributed by atoms with Gasteiger partial charge in [0, 0.05) is 18.5 Å². The van der Waals surface area contributed by atoms with Crippen molar-refractivity contribution < 1.29 is 13.2 Å². The van der Waals surface area contributed by atoms with Crippen LogP contribution in [-0.4, -0.2) is 32.2 Å². The Hall–Kier alpha value is -1.11. The Bertz CT molecular complexity index is 666. The Kier molecular flexibility index (Phi) is 6.62. The fourth-order valence-corrected chi connectivity index (χ4v) is 3.79. The van der Waals surface area contributed by atoms with Gasteiger partial charge in [-0.3, -0.25) is 4.79 Å². The van der Waals surface area contributed by atoms with E-state index in [1.165, 1.54) is 5.56 Å². The quantitative estimate of drug-likeness (QED) is 0.806. The number of carbonyl (C=O) groups excluding carboxylic acids is 1. The van der Waals surface area contributed by atoms with E-state index in [1.54, 1.807) is 26.0 Å². The third-order valence-electron chi connectivity index (χ3n) is 3.77. The number of nitrogens with two attached hydrogens (primary N) is 1. The molecule has 0 spiro atoms. The van der Waals surface area contributed by atoms with Crippen molar-refractivity contribution in [3.63, 3.8) is 0 Å². The number of carbonyl (C=O) groups is 1. The lowest BCUT2D eigenvalue weighted by atomic mass is 10.1. The maximum absolute atomic E-state index is 12.3. The second-order valence-corrected chi connectivity index (χ2v) is 8.73. The molecule has 1 aromatic rings. The summed E-state index contributed by atoms with van der Waals surface area (Å²) in [5, 5.41) is 2.66. The van der Waals surface area contributed by atoms with Gasteiger partial charge in [-0.25, -0.2) is 8.42 Å². The maximum atomic E-state index is 12.3. The molecule has 1 aromatic carbocycles. The summed E-state index contributed by atoms with van der Waals surface area (Å²) in [6.45, 7) is 3.92. The van der Waals surface area contributed by atoms with Crippen molar-refractivity contribution in [2.24, 2.45) is 5.73 Å². The van der Waals surface area contributed by atoms with Crippen LogP contribution in [0.5, 0.6) is 0 Å². The van der Waals surface area contributed by atoms with Crippen LogP contribution in [-0.2, 0) is 27.5 Å². The van der Waals surface area contributed by atoms with E-state index >= 15 is 0 Å². The molecule has 0 aromatic heterocycles. The molecule has 0 unspecified atom stereocenters. The summed E-state index contributed by atoms with van der Waals surface area (Å²) in [6.07, 6.45) is 2.99. The number of halogens is 1. The molecule has 0 saturated heterocycles. The highest BCUT2D eigenvalue weighted by molar-refractivity contribution is 7.91. The number of hydrogen-bond acceptors (Lipinski definition) is 4. The Labute approximate surface area is 144 Å². The number of sulfone groups is 1. The zero-order chi connectivity index (χ0) is 16.4. The van der Waals surface area contributed by atoms with Gasteiger partial charge in [-0.2, -0.15) is 0 Å². The number of rotatable bonds is 6. The van der Waals surface area contributed by atoms with E-state index in [1.807, 2.05) is 6.07 Å². The smallest absolute Gasteiger partial charge is 0.221 e. The van der Waals surface area contributed by atoms with Gasteiger partial charge in [0.15, 0.2) is 9.84 Å². The lowest BCUT2D eigenvalue weighted by molar-refractivity contribution is -0.120. The molecule has 23 heavy (non-hydrogen) atoms. The molecule has 0 heterocycles. The van der Waals surface area contributed by atoms with E-state index in [9.17, 15) is 13.2 Å². The van der Waals surface area contributed by atoms with Crippen molar-refractivity contribution in [3.05, 3.63) is 29.3 Å². The summed E-state index contributed by atoms with van der Waals surface area (Å²) in [6, 6.07) is 5.31. The number of aryl methyl sites for hydroxylation is 2. The van der Waals surface area contributed by atoms with E-state index in [0.29, 0.717) is 11.4 Å². The standard InChI is InChI=1S/C16H24N2O3S.ClH/c1-16(2,17)11-18-15(19)8-9-22(20,21)14-7-6-12-4-3-5-13(12)10-14;/h6-7,10H,3-5,8-9,11,17H2,1-2H3,(H,18,19);1H. The van der Waals surface area contributed by atoms with Crippen molar-refractivity contribution in [2.75, 3.05) is 12.3 Å². The van der Waals surface area contributed by atoms with E-state index in [0.717, 1.165) is 24.8 Å². The molecular weight excluding hydrogens is 336 g/mol. The Morgan fingerprint density at radius 2 is 1.91 bits per heavy atom. The van der Waals surface area contributed by atoms with Crippen molar-refractivity contribution in [1.82, 2.24) is 5.32 Å². The molecule has 1 aliphatic carbocycles. The van der Waals surface area contributed by atoms with Crippen molar-refractivity contribution in [2.45, 2.75) is 50.0 Å². The minimum absolute atomic E-state index is 0. The number of fused-ring (bicyclic) bond motifs is 1. The molecule has 7 heteroatoms. The summed E-state index contributed by atoms with van der Waals surface area (Å²) in [5.41, 5.74) is 7.63. The van der Waals surface area contributed by atoms with E-state index in [2.05, 4.69) is 5.32 Å². The monoisotopic (exact) mass is 360 g/mol. The fourth-order valence-electron chi connectivity index (χ4n) is 2.50. The van der Waals surface area contributed by atoms with Gasteiger partial charge in [-0.05, 0) is 56.4 Å². The molecule has 5 nitrogen and oxygen atoms in total. The van der Waals surface area contributed by atoms with Crippen LogP contribution in [0.2, 0.25) is 0 Å². The highest BCUT2D eigenvalue weighted by Gasteiger charge is 2.20. The van der Waals surface area contributed by atoms with Crippen molar-refractivity contribution >= 4 is 28.2 Å². The molecule has 1 aliphatic rings. The van der Waals surface area contributed by atoms with Crippen LogP contribution < -0.4 is 11.1 Å².